The van der Waals surface area contributed by atoms with Crippen molar-refractivity contribution >= 4 is 34.4 Å². The SMILES string of the molecule is COC(=O)c1cccc2c1c(C(=O)c1ccc(C(C)c3ccncc3N)cc1)cn2C(=O)N(C)C. The number of ether oxygens (including phenoxy) is 1. The fourth-order valence-electron chi connectivity index (χ4n) is 4.18. The van der Waals surface area contributed by atoms with E-state index in [1.54, 1.807) is 56.8 Å². The molecule has 0 bridgehead atoms. The molecule has 35 heavy (non-hydrogen) atoms. The number of nitrogens with two attached hydrogens (primary N) is 1. The number of esters is 1. The molecule has 0 aliphatic rings. The molecule has 4 rings (SSSR count). The van der Waals surface area contributed by atoms with Crippen LogP contribution in [0.3, 0.4) is 0 Å². The zero-order chi connectivity index (χ0) is 25.3. The number of amides is 1. The van der Waals surface area contributed by atoms with Gasteiger partial charge in [-0.15, -0.1) is 0 Å². The number of fused-ring (bicyclic) bond motifs is 1. The molecule has 1 atom stereocenters. The van der Waals surface area contributed by atoms with Crippen molar-refractivity contribution in [2.24, 2.45) is 0 Å². The quantitative estimate of drug-likeness (QED) is 0.344. The number of pyridine rings is 1. The second kappa shape index (κ2) is 9.42. The third-order valence-electron chi connectivity index (χ3n) is 6.09. The van der Waals surface area contributed by atoms with E-state index in [-0.39, 0.29) is 28.9 Å². The lowest BCUT2D eigenvalue weighted by Crippen LogP contribution is -2.26. The number of nitrogens with zero attached hydrogens (tertiary/aromatic N) is 3. The Balaban J connectivity index is 1.79. The molecule has 0 spiro atoms. The highest BCUT2D eigenvalue weighted by Crippen LogP contribution is 2.31. The van der Waals surface area contributed by atoms with E-state index < -0.39 is 5.97 Å². The standard InChI is InChI=1S/C27H26N4O4/c1-16(19-12-13-29-14-22(19)28)17-8-10-18(11-9-17)25(32)21-15-31(27(34)30(2)3)23-7-5-6-20(24(21)23)26(33)35-4/h5-16H,28H2,1-4H3. The number of hydrogen-bond acceptors (Lipinski definition) is 6. The second-order valence-corrected chi connectivity index (χ2v) is 8.46. The molecule has 0 fully saturated rings. The van der Waals surface area contributed by atoms with Crippen LogP contribution in [-0.2, 0) is 4.74 Å². The number of carbonyl (C=O) groups excluding carboxylic acids is 3. The van der Waals surface area contributed by atoms with Gasteiger partial charge in [0.25, 0.3) is 0 Å². The second-order valence-electron chi connectivity index (χ2n) is 8.46. The molecule has 0 aliphatic carbocycles. The van der Waals surface area contributed by atoms with Gasteiger partial charge in [-0.1, -0.05) is 37.3 Å². The van der Waals surface area contributed by atoms with Crippen LogP contribution in [0, 0.1) is 0 Å². The van der Waals surface area contributed by atoms with Crippen molar-refractivity contribution in [3.63, 3.8) is 0 Å². The van der Waals surface area contributed by atoms with Crippen molar-refractivity contribution in [2.45, 2.75) is 12.8 Å². The normalized spacial score (nSPS) is 11.8. The summed E-state index contributed by atoms with van der Waals surface area (Å²) in [7, 11) is 4.52. The molecular formula is C27H26N4O4. The van der Waals surface area contributed by atoms with Gasteiger partial charge >= 0.3 is 12.0 Å². The summed E-state index contributed by atoms with van der Waals surface area (Å²) in [6, 6.07) is 13.7. The van der Waals surface area contributed by atoms with E-state index in [1.807, 2.05) is 25.1 Å². The fraction of sp³-hybridized carbons (Fsp3) is 0.185. The predicted molar refractivity (Wildman–Crippen MR) is 134 cm³/mol. The molecule has 0 saturated heterocycles. The molecule has 2 aromatic carbocycles. The van der Waals surface area contributed by atoms with Gasteiger partial charge in [0.2, 0.25) is 0 Å². The van der Waals surface area contributed by atoms with Crippen molar-refractivity contribution in [3.05, 3.63) is 94.9 Å². The van der Waals surface area contributed by atoms with Crippen LogP contribution >= 0.6 is 0 Å². The Hall–Kier alpha value is -4.46. The summed E-state index contributed by atoms with van der Waals surface area (Å²) < 4.78 is 6.30. The van der Waals surface area contributed by atoms with Crippen LogP contribution in [0.1, 0.15) is 50.2 Å². The molecule has 178 valence electrons. The Morgan fingerprint density at radius 2 is 1.74 bits per heavy atom. The lowest BCUT2D eigenvalue weighted by Gasteiger charge is -2.14. The fourth-order valence-corrected chi connectivity index (χ4v) is 4.18. The summed E-state index contributed by atoms with van der Waals surface area (Å²) in [5.41, 5.74) is 9.97. The molecule has 1 amide bonds. The highest BCUT2D eigenvalue weighted by atomic mass is 16.5. The maximum Gasteiger partial charge on any atom is 0.338 e. The molecule has 8 heteroatoms. The smallest absolute Gasteiger partial charge is 0.338 e. The van der Waals surface area contributed by atoms with Gasteiger partial charge in [-0.05, 0) is 29.3 Å². The maximum atomic E-state index is 13.6. The van der Waals surface area contributed by atoms with Gasteiger partial charge in [-0.2, -0.15) is 0 Å². The number of carbonyl (C=O) groups is 3. The lowest BCUT2D eigenvalue weighted by atomic mass is 9.91. The van der Waals surface area contributed by atoms with Crippen LogP contribution in [0.25, 0.3) is 10.9 Å². The average Bonchev–Trinajstić information content (AvgIpc) is 3.27. The number of anilines is 1. The third kappa shape index (κ3) is 4.26. The number of rotatable bonds is 5. The van der Waals surface area contributed by atoms with E-state index in [9.17, 15) is 14.4 Å². The summed E-state index contributed by atoms with van der Waals surface area (Å²) in [4.78, 5) is 44.3. The van der Waals surface area contributed by atoms with Crippen molar-refractivity contribution in [3.8, 4) is 0 Å². The van der Waals surface area contributed by atoms with E-state index in [1.165, 1.54) is 22.8 Å². The average molecular weight is 471 g/mol. The minimum absolute atomic E-state index is 0.00713. The maximum absolute atomic E-state index is 13.6. The van der Waals surface area contributed by atoms with Crippen LogP contribution in [0.5, 0.6) is 0 Å². The van der Waals surface area contributed by atoms with Crippen LogP contribution in [0.2, 0.25) is 0 Å². The Kier molecular flexibility index (Phi) is 6.38. The molecule has 0 aliphatic heterocycles. The first-order valence-corrected chi connectivity index (χ1v) is 11.0. The Bertz CT molecular complexity index is 1440. The highest BCUT2D eigenvalue weighted by molar-refractivity contribution is 6.21. The largest absolute Gasteiger partial charge is 0.465 e. The van der Waals surface area contributed by atoms with Gasteiger partial charge in [0.15, 0.2) is 5.78 Å². The molecule has 0 radical (unpaired) electrons. The number of ketones is 1. The van der Waals surface area contributed by atoms with Gasteiger partial charge in [0.1, 0.15) is 0 Å². The zero-order valence-corrected chi connectivity index (χ0v) is 20.0. The number of hydrogen-bond donors (Lipinski definition) is 1. The summed E-state index contributed by atoms with van der Waals surface area (Å²) in [6.07, 6.45) is 4.80. The zero-order valence-electron chi connectivity index (χ0n) is 20.0. The third-order valence-corrected chi connectivity index (χ3v) is 6.09. The molecule has 4 aromatic rings. The predicted octanol–water partition coefficient (Wildman–Crippen LogP) is 4.32. The lowest BCUT2D eigenvalue weighted by molar-refractivity contribution is 0.0603. The van der Waals surface area contributed by atoms with E-state index in [2.05, 4.69) is 4.98 Å². The summed E-state index contributed by atoms with van der Waals surface area (Å²) in [6.45, 7) is 2.03. The van der Waals surface area contributed by atoms with Crippen molar-refractivity contribution < 1.29 is 19.1 Å². The molecule has 0 saturated carbocycles. The number of benzene rings is 2. The molecule has 2 heterocycles. The highest BCUT2D eigenvalue weighted by Gasteiger charge is 2.25. The first-order chi connectivity index (χ1) is 16.7. The Labute approximate surface area is 202 Å². The molecule has 2 N–H and O–H groups in total. The van der Waals surface area contributed by atoms with Gasteiger partial charge in [-0.25, -0.2) is 9.59 Å². The van der Waals surface area contributed by atoms with Crippen LogP contribution in [-0.4, -0.2) is 53.4 Å². The van der Waals surface area contributed by atoms with Crippen LogP contribution < -0.4 is 5.73 Å². The van der Waals surface area contributed by atoms with Crippen LogP contribution in [0.15, 0.2) is 67.1 Å². The Morgan fingerprint density at radius 3 is 2.37 bits per heavy atom. The molecule has 8 nitrogen and oxygen atoms in total. The molecular weight excluding hydrogens is 444 g/mol. The Morgan fingerprint density at radius 1 is 1.03 bits per heavy atom. The summed E-state index contributed by atoms with van der Waals surface area (Å²) in [5.74, 6) is -0.884. The monoisotopic (exact) mass is 470 g/mol. The van der Waals surface area contributed by atoms with Crippen LogP contribution in [0.4, 0.5) is 10.5 Å². The van der Waals surface area contributed by atoms with Crippen molar-refractivity contribution in [1.29, 1.82) is 0 Å². The minimum Gasteiger partial charge on any atom is -0.465 e. The van der Waals surface area contributed by atoms with Gasteiger partial charge in [0, 0.05) is 48.9 Å². The van der Waals surface area contributed by atoms with Crippen molar-refractivity contribution in [2.75, 3.05) is 26.9 Å². The first-order valence-electron chi connectivity index (χ1n) is 11.0. The van der Waals surface area contributed by atoms with E-state index >= 15 is 0 Å². The first kappa shape index (κ1) is 23.7. The minimum atomic E-state index is -0.584. The number of nitrogen functional groups attached to an aromatic ring is 1. The number of methoxy groups -OCH3 is 1. The van der Waals surface area contributed by atoms with Gasteiger partial charge < -0.3 is 15.4 Å². The van der Waals surface area contributed by atoms with Crippen molar-refractivity contribution in [1.82, 2.24) is 14.5 Å². The van der Waals surface area contributed by atoms with E-state index in [4.69, 9.17) is 10.5 Å². The number of aromatic nitrogens is 2. The van der Waals surface area contributed by atoms with E-state index in [0.29, 0.717) is 22.2 Å². The topological polar surface area (TPSA) is 108 Å². The molecule has 1 unspecified atom stereocenters. The summed E-state index contributed by atoms with van der Waals surface area (Å²) in [5, 5.41) is 0.376. The molecule has 2 aromatic heterocycles. The summed E-state index contributed by atoms with van der Waals surface area (Å²) >= 11 is 0. The van der Waals surface area contributed by atoms with Gasteiger partial charge in [-0.3, -0.25) is 14.3 Å². The van der Waals surface area contributed by atoms with Gasteiger partial charge in [0.05, 0.1) is 30.1 Å². The van der Waals surface area contributed by atoms with E-state index in [0.717, 1.165) is 11.1 Å².